The van der Waals surface area contributed by atoms with E-state index in [0.717, 1.165) is 19.4 Å². The second-order valence-electron chi connectivity index (χ2n) is 4.97. The van der Waals surface area contributed by atoms with Crippen LogP contribution in [0.4, 0.5) is 0 Å². The molecule has 0 fully saturated rings. The molecule has 2 aromatic rings. The van der Waals surface area contributed by atoms with Gasteiger partial charge in [-0.3, -0.25) is 0 Å². The summed E-state index contributed by atoms with van der Waals surface area (Å²) in [6, 6.07) is 20.0. The Kier molecular flexibility index (Phi) is 6.16. The predicted molar refractivity (Wildman–Crippen MR) is 89.4 cm³/mol. The molecule has 2 aromatic carbocycles. The van der Waals surface area contributed by atoms with Gasteiger partial charge < -0.3 is 5.32 Å². The molecule has 0 radical (unpaired) electrons. The van der Waals surface area contributed by atoms with Crippen molar-refractivity contribution >= 4 is 11.8 Å². The highest BCUT2D eigenvalue weighted by atomic mass is 32.2. The Morgan fingerprint density at radius 1 is 1.00 bits per heavy atom. The first-order chi connectivity index (χ1) is 9.83. The monoisotopic (exact) mass is 285 g/mol. The maximum Gasteiger partial charge on any atom is 0.0360 e. The van der Waals surface area contributed by atoms with Gasteiger partial charge in [-0.05, 0) is 48.9 Å². The summed E-state index contributed by atoms with van der Waals surface area (Å²) in [5.41, 5.74) is 2.76. The van der Waals surface area contributed by atoms with E-state index in [1.54, 1.807) is 11.8 Å². The van der Waals surface area contributed by atoms with Gasteiger partial charge in [-0.2, -0.15) is 0 Å². The van der Waals surface area contributed by atoms with E-state index in [2.05, 4.69) is 73.1 Å². The van der Waals surface area contributed by atoms with Crippen molar-refractivity contribution in [3.63, 3.8) is 0 Å². The van der Waals surface area contributed by atoms with E-state index in [9.17, 15) is 0 Å². The minimum absolute atomic E-state index is 0.397. The van der Waals surface area contributed by atoms with Crippen LogP contribution in [-0.2, 0) is 6.42 Å². The molecule has 0 amide bonds. The highest BCUT2D eigenvalue weighted by Gasteiger charge is 2.11. The van der Waals surface area contributed by atoms with Crippen LogP contribution < -0.4 is 5.32 Å². The predicted octanol–water partition coefficient (Wildman–Crippen LogP) is 4.69. The molecule has 1 nitrogen and oxygen atoms in total. The average molecular weight is 285 g/mol. The fourth-order valence-corrected chi connectivity index (χ4v) is 2.72. The molecule has 0 spiro atoms. The highest BCUT2D eigenvalue weighted by molar-refractivity contribution is 7.98. The first-order valence-electron chi connectivity index (χ1n) is 7.24. The van der Waals surface area contributed by atoms with Crippen LogP contribution in [0.25, 0.3) is 0 Å². The Bertz CT molecular complexity index is 493. The van der Waals surface area contributed by atoms with E-state index in [1.165, 1.54) is 16.0 Å². The molecule has 0 aromatic heterocycles. The van der Waals surface area contributed by atoms with Gasteiger partial charge >= 0.3 is 0 Å². The number of benzene rings is 2. The van der Waals surface area contributed by atoms with Crippen LogP contribution >= 0.6 is 11.8 Å². The number of hydrogen-bond acceptors (Lipinski definition) is 2. The molecule has 0 bridgehead atoms. The molecule has 2 rings (SSSR count). The van der Waals surface area contributed by atoms with Crippen molar-refractivity contribution in [3.8, 4) is 0 Å². The summed E-state index contributed by atoms with van der Waals surface area (Å²) in [6.45, 7) is 3.27. The molecule has 0 aliphatic carbocycles. The van der Waals surface area contributed by atoms with Gasteiger partial charge in [0.15, 0.2) is 0 Å². The third kappa shape index (κ3) is 4.39. The van der Waals surface area contributed by atoms with Crippen molar-refractivity contribution in [1.82, 2.24) is 5.32 Å². The number of hydrogen-bond donors (Lipinski definition) is 1. The molecule has 0 saturated heterocycles. The van der Waals surface area contributed by atoms with Crippen molar-refractivity contribution in [1.29, 1.82) is 0 Å². The van der Waals surface area contributed by atoms with E-state index in [1.807, 2.05) is 0 Å². The summed E-state index contributed by atoms with van der Waals surface area (Å²) >= 11 is 1.79. The van der Waals surface area contributed by atoms with Crippen LogP contribution in [0.2, 0.25) is 0 Å². The Morgan fingerprint density at radius 2 is 1.70 bits per heavy atom. The van der Waals surface area contributed by atoms with E-state index in [-0.39, 0.29) is 0 Å². The molecule has 20 heavy (non-hydrogen) atoms. The molecule has 0 saturated carbocycles. The summed E-state index contributed by atoms with van der Waals surface area (Å²) in [4.78, 5) is 1.32. The van der Waals surface area contributed by atoms with Gasteiger partial charge in [0, 0.05) is 10.9 Å². The summed E-state index contributed by atoms with van der Waals surface area (Å²) in [6.07, 6.45) is 4.32. The fourth-order valence-electron chi connectivity index (χ4n) is 2.31. The van der Waals surface area contributed by atoms with Gasteiger partial charge in [-0.25, -0.2) is 0 Å². The van der Waals surface area contributed by atoms with Crippen molar-refractivity contribution in [2.75, 3.05) is 12.8 Å². The average Bonchev–Trinajstić information content (AvgIpc) is 2.52. The maximum atomic E-state index is 3.66. The Balaban J connectivity index is 2.13. The lowest BCUT2D eigenvalue weighted by Gasteiger charge is -2.19. The smallest absolute Gasteiger partial charge is 0.0360 e. The molecule has 1 atom stereocenters. The Hall–Kier alpha value is -1.25. The molecule has 0 aliphatic heterocycles. The molecule has 106 valence electrons. The largest absolute Gasteiger partial charge is 0.310 e. The second kappa shape index (κ2) is 8.13. The third-order valence-electron chi connectivity index (χ3n) is 3.44. The summed E-state index contributed by atoms with van der Waals surface area (Å²) < 4.78 is 0. The molecular formula is C18H23NS. The minimum atomic E-state index is 0.397. The zero-order chi connectivity index (χ0) is 14.2. The van der Waals surface area contributed by atoms with Crippen LogP contribution in [0.1, 0.15) is 30.5 Å². The number of thioether (sulfide) groups is 1. The van der Waals surface area contributed by atoms with Gasteiger partial charge in [0.25, 0.3) is 0 Å². The van der Waals surface area contributed by atoms with Gasteiger partial charge in [0.05, 0.1) is 0 Å². The quantitative estimate of drug-likeness (QED) is 0.741. The molecule has 0 aliphatic rings. The molecule has 0 heterocycles. The standard InChI is InChI=1S/C18H23NS/c1-3-13-19-18(14-15-7-5-4-6-8-15)16-9-11-17(20-2)12-10-16/h4-12,18-19H,3,13-14H2,1-2H3. The first kappa shape index (κ1) is 15.1. The Morgan fingerprint density at radius 3 is 2.30 bits per heavy atom. The van der Waals surface area contributed by atoms with Crippen molar-refractivity contribution in [2.24, 2.45) is 0 Å². The van der Waals surface area contributed by atoms with Crippen LogP contribution in [0, 0.1) is 0 Å². The van der Waals surface area contributed by atoms with Crippen molar-refractivity contribution in [2.45, 2.75) is 30.7 Å². The van der Waals surface area contributed by atoms with E-state index < -0.39 is 0 Å². The molecule has 1 N–H and O–H groups in total. The maximum absolute atomic E-state index is 3.66. The zero-order valence-electron chi connectivity index (χ0n) is 12.3. The van der Waals surface area contributed by atoms with Crippen molar-refractivity contribution < 1.29 is 0 Å². The lowest BCUT2D eigenvalue weighted by atomic mass is 9.99. The Labute approximate surface area is 126 Å². The van der Waals surface area contributed by atoms with Crippen LogP contribution in [0.15, 0.2) is 59.5 Å². The summed E-state index contributed by atoms with van der Waals surface area (Å²) in [5.74, 6) is 0. The van der Waals surface area contributed by atoms with E-state index in [4.69, 9.17) is 0 Å². The van der Waals surface area contributed by atoms with Gasteiger partial charge in [-0.15, -0.1) is 11.8 Å². The summed E-state index contributed by atoms with van der Waals surface area (Å²) in [5, 5.41) is 3.66. The lowest BCUT2D eigenvalue weighted by Crippen LogP contribution is -2.24. The van der Waals surface area contributed by atoms with Gasteiger partial charge in [0.2, 0.25) is 0 Å². The molecular weight excluding hydrogens is 262 g/mol. The van der Waals surface area contributed by atoms with E-state index >= 15 is 0 Å². The second-order valence-corrected chi connectivity index (χ2v) is 5.85. The topological polar surface area (TPSA) is 12.0 Å². The van der Waals surface area contributed by atoms with Crippen molar-refractivity contribution in [3.05, 3.63) is 65.7 Å². The van der Waals surface area contributed by atoms with Crippen LogP contribution in [0.3, 0.4) is 0 Å². The first-order valence-corrected chi connectivity index (χ1v) is 8.47. The van der Waals surface area contributed by atoms with Crippen LogP contribution in [0.5, 0.6) is 0 Å². The number of nitrogens with one attached hydrogen (secondary N) is 1. The van der Waals surface area contributed by atoms with Gasteiger partial charge in [0.1, 0.15) is 0 Å². The number of rotatable bonds is 7. The minimum Gasteiger partial charge on any atom is -0.310 e. The van der Waals surface area contributed by atoms with E-state index in [0.29, 0.717) is 6.04 Å². The normalized spacial score (nSPS) is 12.3. The molecule has 1 unspecified atom stereocenters. The SMILES string of the molecule is CCCNC(Cc1ccccc1)c1ccc(SC)cc1. The van der Waals surface area contributed by atoms with Gasteiger partial charge in [-0.1, -0.05) is 49.4 Å². The third-order valence-corrected chi connectivity index (χ3v) is 4.19. The fraction of sp³-hybridized carbons (Fsp3) is 0.333. The molecule has 2 heteroatoms. The highest BCUT2D eigenvalue weighted by Crippen LogP contribution is 2.22. The zero-order valence-corrected chi connectivity index (χ0v) is 13.1. The summed E-state index contributed by atoms with van der Waals surface area (Å²) in [7, 11) is 0. The lowest BCUT2D eigenvalue weighted by molar-refractivity contribution is 0.529. The van der Waals surface area contributed by atoms with Crippen LogP contribution in [-0.4, -0.2) is 12.8 Å².